The lowest BCUT2D eigenvalue weighted by atomic mass is 10.2. The van der Waals surface area contributed by atoms with Gasteiger partial charge < -0.3 is 14.8 Å². The highest BCUT2D eigenvalue weighted by Crippen LogP contribution is 2.35. The van der Waals surface area contributed by atoms with Crippen molar-refractivity contribution in [3.05, 3.63) is 45.5 Å². The molecule has 0 aliphatic rings. The predicted octanol–water partition coefficient (Wildman–Crippen LogP) is 4.64. The fourth-order valence-electron chi connectivity index (χ4n) is 2.03. The summed E-state index contributed by atoms with van der Waals surface area (Å²) in [5, 5.41) is 3.48. The second kappa shape index (κ2) is 7.79. The van der Waals surface area contributed by atoms with E-state index >= 15 is 0 Å². The molecule has 5 heteroatoms. The van der Waals surface area contributed by atoms with E-state index in [2.05, 4.69) is 46.3 Å². The summed E-state index contributed by atoms with van der Waals surface area (Å²) in [4.78, 5) is 1.19. The Kier molecular flexibility index (Phi) is 6.05. The Labute approximate surface area is 143 Å². The van der Waals surface area contributed by atoms with Crippen molar-refractivity contribution < 1.29 is 9.47 Å². The van der Waals surface area contributed by atoms with Gasteiger partial charge in [-0.2, -0.15) is 0 Å². The highest BCUT2D eigenvalue weighted by molar-refractivity contribution is 14.1. The number of anilines is 1. The fourth-order valence-corrected chi connectivity index (χ4v) is 3.22. The number of nitrogens with one attached hydrogen (secondary N) is 1. The van der Waals surface area contributed by atoms with Gasteiger partial charge in [-0.3, -0.25) is 0 Å². The minimum absolute atomic E-state index is 0.747. The van der Waals surface area contributed by atoms with Gasteiger partial charge in [0, 0.05) is 20.7 Å². The molecule has 2 aromatic carbocycles. The molecule has 0 atom stereocenters. The number of rotatable bonds is 6. The number of hydrogen-bond acceptors (Lipinski definition) is 4. The average Bonchev–Trinajstić information content (AvgIpc) is 2.53. The summed E-state index contributed by atoms with van der Waals surface area (Å²) in [6, 6.07) is 12.3. The quantitative estimate of drug-likeness (QED) is 0.550. The molecule has 0 bridgehead atoms. The molecule has 0 saturated heterocycles. The zero-order chi connectivity index (χ0) is 15.2. The zero-order valence-electron chi connectivity index (χ0n) is 12.3. The third kappa shape index (κ3) is 3.97. The summed E-state index contributed by atoms with van der Waals surface area (Å²) >= 11 is 4.04. The van der Waals surface area contributed by atoms with Crippen LogP contribution in [0.4, 0.5) is 5.69 Å². The second-order valence-electron chi connectivity index (χ2n) is 4.35. The van der Waals surface area contributed by atoms with Crippen molar-refractivity contribution in [2.24, 2.45) is 0 Å². The predicted molar refractivity (Wildman–Crippen MR) is 97.8 cm³/mol. The number of halogens is 1. The van der Waals surface area contributed by atoms with Gasteiger partial charge in [-0.05, 0) is 58.7 Å². The molecule has 0 radical (unpaired) electrons. The van der Waals surface area contributed by atoms with Gasteiger partial charge in [-0.15, -0.1) is 11.8 Å². The molecule has 21 heavy (non-hydrogen) atoms. The third-order valence-corrected chi connectivity index (χ3v) is 4.89. The molecular formula is C16H18INO2S. The zero-order valence-corrected chi connectivity index (χ0v) is 15.2. The number of ether oxygens (including phenoxy) is 2. The van der Waals surface area contributed by atoms with Crippen molar-refractivity contribution in [3.8, 4) is 11.5 Å². The molecule has 0 fully saturated rings. The van der Waals surface area contributed by atoms with Crippen molar-refractivity contribution in [1.29, 1.82) is 0 Å². The Morgan fingerprint density at radius 3 is 2.38 bits per heavy atom. The van der Waals surface area contributed by atoms with Crippen molar-refractivity contribution >= 4 is 40.0 Å². The fraction of sp³-hybridized carbons (Fsp3) is 0.250. The smallest absolute Gasteiger partial charge is 0.161 e. The average molecular weight is 415 g/mol. The molecular weight excluding hydrogens is 397 g/mol. The van der Waals surface area contributed by atoms with Crippen LogP contribution in [0.15, 0.2) is 41.3 Å². The Hall–Kier alpha value is -1.08. The molecule has 1 N–H and O–H groups in total. The summed E-state index contributed by atoms with van der Waals surface area (Å²) < 4.78 is 12.0. The van der Waals surface area contributed by atoms with Gasteiger partial charge in [0.05, 0.1) is 14.2 Å². The largest absolute Gasteiger partial charge is 0.493 e. The first-order valence-electron chi connectivity index (χ1n) is 6.47. The molecule has 0 unspecified atom stereocenters. The van der Waals surface area contributed by atoms with E-state index in [1.165, 1.54) is 14.0 Å². The van der Waals surface area contributed by atoms with Crippen LogP contribution in [0, 0.1) is 3.57 Å². The topological polar surface area (TPSA) is 30.5 Å². The van der Waals surface area contributed by atoms with E-state index in [0.717, 1.165) is 23.7 Å². The van der Waals surface area contributed by atoms with Crippen molar-refractivity contribution in [3.63, 3.8) is 0 Å². The summed E-state index contributed by atoms with van der Waals surface area (Å²) in [6.45, 7) is 0.747. The van der Waals surface area contributed by atoms with Crippen molar-refractivity contribution in [2.75, 3.05) is 25.8 Å². The van der Waals surface area contributed by atoms with Gasteiger partial charge in [-0.25, -0.2) is 0 Å². The molecule has 2 rings (SSSR count). The number of methoxy groups -OCH3 is 2. The van der Waals surface area contributed by atoms with Gasteiger partial charge in [0.25, 0.3) is 0 Å². The van der Waals surface area contributed by atoms with Gasteiger partial charge in [0.15, 0.2) is 11.5 Å². The molecule has 3 nitrogen and oxygen atoms in total. The van der Waals surface area contributed by atoms with E-state index in [4.69, 9.17) is 9.47 Å². The van der Waals surface area contributed by atoms with Crippen LogP contribution in [-0.2, 0) is 6.54 Å². The van der Waals surface area contributed by atoms with Gasteiger partial charge in [0.1, 0.15) is 0 Å². The van der Waals surface area contributed by atoms with E-state index in [1.807, 2.05) is 24.3 Å². The third-order valence-electron chi connectivity index (χ3n) is 3.13. The second-order valence-corrected chi connectivity index (χ2v) is 6.36. The molecule has 0 heterocycles. The number of hydrogen-bond donors (Lipinski definition) is 1. The van der Waals surface area contributed by atoms with Crippen LogP contribution in [-0.4, -0.2) is 20.5 Å². The van der Waals surface area contributed by atoms with Crippen LogP contribution >= 0.6 is 34.4 Å². The Balaban J connectivity index is 2.25. The van der Waals surface area contributed by atoms with E-state index in [9.17, 15) is 0 Å². The van der Waals surface area contributed by atoms with E-state index < -0.39 is 0 Å². The molecule has 112 valence electrons. The summed E-state index contributed by atoms with van der Waals surface area (Å²) in [6.07, 6.45) is 2.07. The monoisotopic (exact) mass is 415 g/mol. The first kappa shape index (κ1) is 16.3. The minimum atomic E-state index is 0.747. The number of para-hydroxylation sites is 1. The lowest BCUT2D eigenvalue weighted by Gasteiger charge is -2.15. The lowest BCUT2D eigenvalue weighted by molar-refractivity contribution is 0.353. The van der Waals surface area contributed by atoms with Gasteiger partial charge in [-0.1, -0.05) is 12.1 Å². The van der Waals surface area contributed by atoms with Crippen LogP contribution in [0.5, 0.6) is 11.5 Å². The van der Waals surface area contributed by atoms with E-state index in [-0.39, 0.29) is 0 Å². The van der Waals surface area contributed by atoms with Crippen LogP contribution in [0.3, 0.4) is 0 Å². The van der Waals surface area contributed by atoms with Crippen LogP contribution in [0.1, 0.15) is 5.56 Å². The van der Waals surface area contributed by atoms with Crippen LogP contribution in [0.2, 0.25) is 0 Å². The Morgan fingerprint density at radius 1 is 1.10 bits per heavy atom. The highest BCUT2D eigenvalue weighted by atomic mass is 127. The maximum Gasteiger partial charge on any atom is 0.161 e. The Morgan fingerprint density at radius 2 is 1.76 bits per heavy atom. The summed E-state index contributed by atoms with van der Waals surface area (Å²) in [7, 11) is 3.32. The molecule has 0 amide bonds. The maximum absolute atomic E-state index is 5.39. The number of thioether (sulfide) groups is 1. The number of benzene rings is 2. The van der Waals surface area contributed by atoms with Crippen molar-refractivity contribution in [2.45, 2.75) is 11.4 Å². The van der Waals surface area contributed by atoms with Gasteiger partial charge >= 0.3 is 0 Å². The molecule has 0 aliphatic carbocycles. The van der Waals surface area contributed by atoms with Crippen LogP contribution in [0.25, 0.3) is 0 Å². The molecule has 0 aromatic heterocycles. The van der Waals surface area contributed by atoms with Crippen molar-refractivity contribution in [1.82, 2.24) is 0 Å². The highest BCUT2D eigenvalue weighted by Gasteiger charge is 2.11. The first-order valence-corrected chi connectivity index (χ1v) is 8.77. The normalized spacial score (nSPS) is 10.3. The lowest BCUT2D eigenvalue weighted by Crippen LogP contribution is -2.03. The molecule has 0 saturated carbocycles. The van der Waals surface area contributed by atoms with Crippen LogP contribution < -0.4 is 14.8 Å². The summed E-state index contributed by atoms with van der Waals surface area (Å²) in [5.41, 5.74) is 2.33. The SMILES string of the molecule is COc1cc(CNc2ccccc2I)c(SC)cc1OC. The summed E-state index contributed by atoms with van der Waals surface area (Å²) in [5.74, 6) is 1.52. The molecule has 2 aromatic rings. The first-order chi connectivity index (χ1) is 10.2. The Bertz CT molecular complexity index is 619. The molecule has 0 aliphatic heterocycles. The molecule has 0 spiro atoms. The van der Waals surface area contributed by atoms with Gasteiger partial charge in [0.2, 0.25) is 0 Å². The van der Waals surface area contributed by atoms with E-state index in [1.54, 1.807) is 26.0 Å². The standard InChI is InChI=1S/C16H18INO2S/c1-19-14-8-11(16(21-3)9-15(14)20-2)10-18-13-7-5-4-6-12(13)17/h4-9,18H,10H2,1-3H3. The minimum Gasteiger partial charge on any atom is -0.493 e. The maximum atomic E-state index is 5.39. The van der Waals surface area contributed by atoms with E-state index in [0.29, 0.717) is 0 Å².